The predicted octanol–water partition coefficient (Wildman–Crippen LogP) is 1.57. The Kier molecular flexibility index (Phi) is 2.63. The molecule has 2 rings (SSSR count). The maximum atomic E-state index is 13.7. The van der Waals surface area contributed by atoms with Gasteiger partial charge in [0.15, 0.2) is 7.85 Å². The highest BCUT2D eigenvalue weighted by Gasteiger charge is 2.51. The zero-order chi connectivity index (χ0) is 12.0. The van der Waals surface area contributed by atoms with Gasteiger partial charge in [-0.05, 0) is 18.2 Å². The van der Waals surface area contributed by atoms with Crippen LogP contribution in [0.15, 0.2) is 18.2 Å². The normalized spacial score (nSPS) is 27.8. The molecule has 0 aliphatic carbocycles. The molecule has 0 spiro atoms. The van der Waals surface area contributed by atoms with Crippen molar-refractivity contribution in [1.29, 1.82) is 0 Å². The van der Waals surface area contributed by atoms with E-state index in [0.29, 0.717) is 10.7 Å². The Hall–Kier alpha value is -0.805. The number of nitrogens with one attached hydrogen (secondary N) is 1. The van der Waals surface area contributed by atoms with Gasteiger partial charge in [-0.15, -0.1) is 0 Å². The van der Waals surface area contributed by atoms with Crippen LogP contribution in [-0.4, -0.2) is 25.4 Å². The number of hydrogen-bond donors (Lipinski definition) is 2. The van der Waals surface area contributed by atoms with E-state index in [4.69, 9.17) is 11.6 Å². The lowest BCUT2D eigenvalue weighted by Crippen LogP contribution is -2.45. The van der Waals surface area contributed by atoms with Crippen LogP contribution in [0, 0.1) is 0 Å². The number of aliphatic hydroxyl groups is 1. The molecule has 0 radical (unpaired) electrons. The number of benzene rings is 1. The Balaban J connectivity index is 2.61. The minimum absolute atomic E-state index is 0.123. The Morgan fingerprint density at radius 3 is 2.81 bits per heavy atom. The molecule has 0 amide bonds. The summed E-state index contributed by atoms with van der Waals surface area (Å²) in [7, 11) is 1.12. The lowest BCUT2D eigenvalue weighted by atomic mass is 9.70. The molecule has 1 heterocycles. The molecule has 2 nitrogen and oxygen atoms in total. The molecule has 6 heteroatoms. The van der Waals surface area contributed by atoms with Crippen molar-refractivity contribution in [3.63, 3.8) is 0 Å². The van der Waals surface area contributed by atoms with Gasteiger partial charge in [0.25, 0.3) is 5.92 Å². The zero-order valence-electron chi connectivity index (χ0n) is 8.73. The topological polar surface area (TPSA) is 32.3 Å². The Morgan fingerprint density at radius 1 is 1.44 bits per heavy atom. The minimum atomic E-state index is -3.17. The second-order valence-electron chi connectivity index (χ2n) is 4.14. The molecule has 1 aliphatic rings. The smallest absolute Gasteiger partial charge is 0.274 e. The number of hydrogen-bond acceptors (Lipinski definition) is 2. The van der Waals surface area contributed by atoms with Gasteiger partial charge in [-0.1, -0.05) is 11.6 Å². The summed E-state index contributed by atoms with van der Waals surface area (Å²) in [6.07, 6.45) is -0.410. The fourth-order valence-corrected chi connectivity index (χ4v) is 2.04. The van der Waals surface area contributed by atoms with Crippen molar-refractivity contribution in [2.24, 2.45) is 0 Å². The third-order valence-electron chi connectivity index (χ3n) is 2.97. The van der Waals surface area contributed by atoms with Crippen molar-refractivity contribution in [3.8, 4) is 0 Å². The van der Waals surface area contributed by atoms with E-state index in [0.717, 1.165) is 7.85 Å². The minimum Gasteiger partial charge on any atom is -0.388 e. The summed E-state index contributed by atoms with van der Waals surface area (Å²) in [5, 5.41) is 13.2. The van der Waals surface area contributed by atoms with Crippen LogP contribution in [-0.2, 0) is 5.50 Å². The lowest BCUT2D eigenvalue weighted by molar-refractivity contribution is -0.139. The van der Waals surface area contributed by atoms with Crippen LogP contribution >= 0.6 is 11.6 Å². The van der Waals surface area contributed by atoms with E-state index in [1.807, 2.05) is 0 Å². The van der Waals surface area contributed by atoms with Crippen molar-refractivity contribution >= 4 is 25.1 Å². The van der Waals surface area contributed by atoms with Crippen LogP contribution < -0.4 is 5.32 Å². The number of alkyl halides is 2. The summed E-state index contributed by atoms with van der Waals surface area (Å²) >= 11 is 5.77. The van der Waals surface area contributed by atoms with Gasteiger partial charge < -0.3 is 10.4 Å². The first-order chi connectivity index (χ1) is 7.34. The van der Waals surface area contributed by atoms with Crippen LogP contribution in [0.5, 0.6) is 0 Å². The zero-order valence-corrected chi connectivity index (χ0v) is 9.48. The SMILES string of the molecule is BC1(O)c2cc(Cl)ccc2NCCC1(F)F. The van der Waals surface area contributed by atoms with E-state index < -0.39 is 17.8 Å². The van der Waals surface area contributed by atoms with Crippen molar-refractivity contribution in [2.45, 2.75) is 17.8 Å². The quantitative estimate of drug-likeness (QED) is 0.680. The van der Waals surface area contributed by atoms with Gasteiger partial charge in [0.1, 0.15) is 5.50 Å². The molecule has 16 heavy (non-hydrogen) atoms. The Labute approximate surface area is 98.0 Å². The first-order valence-electron chi connectivity index (χ1n) is 4.99. The summed E-state index contributed by atoms with van der Waals surface area (Å²) in [6.45, 7) is 0.123. The van der Waals surface area contributed by atoms with Crippen molar-refractivity contribution < 1.29 is 13.9 Å². The van der Waals surface area contributed by atoms with E-state index in [1.165, 1.54) is 6.07 Å². The Morgan fingerprint density at radius 2 is 2.12 bits per heavy atom. The maximum absolute atomic E-state index is 13.7. The molecule has 0 aromatic heterocycles. The molecule has 1 unspecified atom stereocenters. The van der Waals surface area contributed by atoms with Crippen LogP contribution in [0.25, 0.3) is 0 Å². The fraction of sp³-hybridized carbons (Fsp3) is 0.400. The van der Waals surface area contributed by atoms with Gasteiger partial charge in [0, 0.05) is 29.2 Å². The first kappa shape index (κ1) is 11.7. The van der Waals surface area contributed by atoms with Gasteiger partial charge in [0.2, 0.25) is 0 Å². The fourth-order valence-electron chi connectivity index (χ4n) is 1.87. The molecule has 1 aromatic rings. The summed E-state index contributed by atoms with van der Waals surface area (Å²) in [6, 6.07) is 4.59. The molecular weight excluding hydrogens is 234 g/mol. The highest BCUT2D eigenvalue weighted by Crippen LogP contribution is 2.43. The average Bonchev–Trinajstić information content (AvgIpc) is 2.26. The third-order valence-corrected chi connectivity index (χ3v) is 3.21. The van der Waals surface area contributed by atoms with Crippen molar-refractivity contribution in [1.82, 2.24) is 0 Å². The van der Waals surface area contributed by atoms with Crippen LogP contribution in [0.1, 0.15) is 12.0 Å². The van der Waals surface area contributed by atoms with Crippen LogP contribution in [0.3, 0.4) is 0 Å². The van der Waals surface area contributed by atoms with Gasteiger partial charge in [-0.2, -0.15) is 0 Å². The summed E-state index contributed by atoms with van der Waals surface area (Å²) in [4.78, 5) is 0. The van der Waals surface area contributed by atoms with Crippen molar-refractivity contribution in [2.75, 3.05) is 11.9 Å². The van der Waals surface area contributed by atoms with Gasteiger partial charge in [0.05, 0.1) is 0 Å². The standard InChI is InChI=1S/C10H11BClF2NO/c11-10(16)7-5-6(12)1-2-8(7)15-4-3-9(10,13)14/h1-2,5,15-16H,3-4,11H2. The maximum Gasteiger partial charge on any atom is 0.274 e. The number of rotatable bonds is 0. The lowest BCUT2D eigenvalue weighted by Gasteiger charge is -2.32. The molecular formula is C10H11BClF2NO. The first-order valence-corrected chi connectivity index (χ1v) is 5.36. The van der Waals surface area contributed by atoms with Gasteiger partial charge >= 0.3 is 0 Å². The van der Waals surface area contributed by atoms with E-state index in [-0.39, 0.29) is 12.1 Å². The third kappa shape index (κ3) is 1.68. The Bertz CT molecular complexity index is 425. The average molecular weight is 245 g/mol. The molecule has 1 aliphatic heterocycles. The molecule has 0 saturated heterocycles. The molecule has 0 bridgehead atoms. The van der Waals surface area contributed by atoms with E-state index >= 15 is 0 Å². The van der Waals surface area contributed by atoms with Crippen LogP contribution in [0.4, 0.5) is 14.5 Å². The molecule has 2 N–H and O–H groups in total. The molecule has 0 fully saturated rings. The second kappa shape index (κ2) is 3.60. The summed E-state index contributed by atoms with van der Waals surface area (Å²) in [5.74, 6) is -3.17. The molecule has 1 atom stereocenters. The highest BCUT2D eigenvalue weighted by molar-refractivity contribution is 6.31. The monoisotopic (exact) mass is 245 g/mol. The number of fused-ring (bicyclic) bond motifs is 1. The predicted molar refractivity (Wildman–Crippen MR) is 61.9 cm³/mol. The van der Waals surface area contributed by atoms with E-state index in [1.54, 1.807) is 12.1 Å². The van der Waals surface area contributed by atoms with Gasteiger partial charge in [-0.25, -0.2) is 8.78 Å². The van der Waals surface area contributed by atoms with E-state index in [9.17, 15) is 13.9 Å². The summed E-state index contributed by atoms with van der Waals surface area (Å²) < 4.78 is 27.4. The highest BCUT2D eigenvalue weighted by atomic mass is 35.5. The molecule has 86 valence electrons. The largest absolute Gasteiger partial charge is 0.388 e. The second-order valence-corrected chi connectivity index (χ2v) is 4.58. The molecule has 0 saturated carbocycles. The van der Waals surface area contributed by atoms with Gasteiger partial charge in [-0.3, -0.25) is 0 Å². The summed E-state index contributed by atoms with van der Waals surface area (Å²) in [5.41, 5.74) is -1.55. The van der Waals surface area contributed by atoms with Crippen LogP contribution in [0.2, 0.25) is 5.02 Å². The van der Waals surface area contributed by atoms with E-state index in [2.05, 4.69) is 5.32 Å². The number of anilines is 1. The van der Waals surface area contributed by atoms with Crippen molar-refractivity contribution in [3.05, 3.63) is 28.8 Å². The number of halogens is 3. The molecule has 1 aromatic carbocycles.